The van der Waals surface area contributed by atoms with Crippen molar-refractivity contribution in [3.8, 4) is 0 Å². The van der Waals surface area contributed by atoms with Crippen molar-refractivity contribution in [1.29, 1.82) is 0 Å². The minimum Gasteiger partial charge on any atom is -0.372 e. The van der Waals surface area contributed by atoms with Gasteiger partial charge in [-0.25, -0.2) is 10.4 Å². The van der Waals surface area contributed by atoms with E-state index in [4.69, 9.17) is 14.2 Å². The van der Waals surface area contributed by atoms with Gasteiger partial charge in [-0.05, 0) is 101 Å². The molecule has 3 saturated carbocycles. The zero-order valence-corrected chi connectivity index (χ0v) is 19.2. The topological polar surface area (TPSA) is 55.0 Å². The van der Waals surface area contributed by atoms with Crippen LogP contribution in [0.5, 0.6) is 0 Å². The van der Waals surface area contributed by atoms with Crippen LogP contribution in [0.2, 0.25) is 0 Å². The van der Waals surface area contributed by atoms with E-state index in [2.05, 4.69) is 15.8 Å². The number of ether oxygens (including phenoxy) is 3. The third kappa shape index (κ3) is 4.58. The van der Waals surface area contributed by atoms with Gasteiger partial charge in [0, 0.05) is 18.7 Å². The van der Waals surface area contributed by atoms with Crippen LogP contribution in [0, 0.1) is 17.8 Å². The van der Waals surface area contributed by atoms with E-state index in [1.54, 1.807) is 0 Å². The molecular weight excluding hydrogens is 390 g/mol. The van der Waals surface area contributed by atoms with Crippen LogP contribution in [0.4, 0.5) is 0 Å². The molecule has 0 amide bonds. The lowest BCUT2D eigenvalue weighted by atomic mass is 9.70. The third-order valence-electron chi connectivity index (χ3n) is 9.27. The second-order valence-corrected chi connectivity index (χ2v) is 11.4. The van der Waals surface area contributed by atoms with Crippen LogP contribution in [-0.4, -0.2) is 61.5 Å². The SMILES string of the molecule is C1CCC(N2NC3C4CCCC(COCNCCC5(CC5)OC5CCC2C3C5)C4)OC1. The lowest BCUT2D eigenvalue weighted by molar-refractivity contribution is -0.126. The molecule has 0 aromatic rings. The molecule has 7 unspecified atom stereocenters. The van der Waals surface area contributed by atoms with Gasteiger partial charge in [0.15, 0.2) is 0 Å². The fraction of sp³-hybridized carbons (Fsp3) is 1.00. The number of hydrazine groups is 1. The number of nitrogens with zero attached hydrogens (tertiary/aromatic N) is 1. The van der Waals surface area contributed by atoms with Crippen LogP contribution in [0.25, 0.3) is 0 Å². The fourth-order valence-corrected chi connectivity index (χ4v) is 7.46. The van der Waals surface area contributed by atoms with Crippen LogP contribution in [0.3, 0.4) is 0 Å². The Bertz CT molecular complexity index is 609. The molecule has 176 valence electrons. The Morgan fingerprint density at radius 2 is 1.87 bits per heavy atom. The molecule has 6 heteroatoms. The maximum Gasteiger partial charge on any atom is 0.123 e. The number of rotatable bonds is 1. The molecule has 3 heterocycles. The van der Waals surface area contributed by atoms with Crippen molar-refractivity contribution < 1.29 is 14.2 Å². The zero-order valence-electron chi connectivity index (χ0n) is 19.2. The monoisotopic (exact) mass is 433 g/mol. The second kappa shape index (κ2) is 9.19. The van der Waals surface area contributed by atoms with Crippen molar-refractivity contribution in [3.63, 3.8) is 0 Å². The van der Waals surface area contributed by atoms with E-state index in [1.807, 2.05) is 0 Å². The molecule has 0 radical (unpaired) electrons. The smallest absolute Gasteiger partial charge is 0.123 e. The Hall–Kier alpha value is -0.240. The first-order valence-corrected chi connectivity index (χ1v) is 13.4. The fourth-order valence-electron chi connectivity index (χ4n) is 7.46. The van der Waals surface area contributed by atoms with Crippen molar-refractivity contribution in [2.45, 2.75) is 113 Å². The highest BCUT2D eigenvalue weighted by molar-refractivity contribution is 5.04. The molecule has 2 N–H and O–H groups in total. The summed E-state index contributed by atoms with van der Waals surface area (Å²) >= 11 is 0. The quantitative estimate of drug-likeness (QED) is 0.660. The standard InChI is InChI=1S/C25H43N3O3/c1-2-13-30-23(6-1)28-22-8-7-20-15-21(22)24(27-28)19-5-3-4-18(14-19)16-29-17-26-12-11-25(31-20)9-10-25/h18-24,26-27H,1-17H2. The van der Waals surface area contributed by atoms with Gasteiger partial charge in [-0.15, -0.1) is 0 Å². The van der Waals surface area contributed by atoms with Crippen molar-refractivity contribution in [3.05, 3.63) is 0 Å². The minimum absolute atomic E-state index is 0.161. The highest BCUT2D eigenvalue weighted by atomic mass is 16.5. The molecule has 4 bridgehead atoms. The number of hydrogen-bond donors (Lipinski definition) is 2. The Labute approximate surface area is 188 Å². The van der Waals surface area contributed by atoms with E-state index in [9.17, 15) is 0 Å². The predicted molar refractivity (Wildman–Crippen MR) is 119 cm³/mol. The van der Waals surface area contributed by atoms with Crippen molar-refractivity contribution in [2.24, 2.45) is 17.8 Å². The van der Waals surface area contributed by atoms with E-state index >= 15 is 0 Å². The molecule has 3 aliphatic heterocycles. The van der Waals surface area contributed by atoms with Crippen LogP contribution < -0.4 is 10.7 Å². The van der Waals surface area contributed by atoms with Gasteiger partial charge in [0.1, 0.15) is 6.23 Å². The summed E-state index contributed by atoms with van der Waals surface area (Å²) in [4.78, 5) is 0. The lowest BCUT2D eigenvalue weighted by Crippen LogP contribution is -2.51. The van der Waals surface area contributed by atoms with Gasteiger partial charge in [-0.1, -0.05) is 6.42 Å². The predicted octanol–water partition coefficient (Wildman–Crippen LogP) is 3.56. The molecular formula is C25H43N3O3. The van der Waals surface area contributed by atoms with Gasteiger partial charge in [-0.3, -0.25) is 5.32 Å². The summed E-state index contributed by atoms with van der Waals surface area (Å²) < 4.78 is 19.2. The molecule has 0 aromatic carbocycles. The van der Waals surface area contributed by atoms with Crippen LogP contribution in [0.1, 0.15) is 83.5 Å². The molecule has 1 spiro atoms. The molecule has 6 fully saturated rings. The number of fused-ring (bicyclic) bond motifs is 4. The Morgan fingerprint density at radius 1 is 0.903 bits per heavy atom. The maximum atomic E-state index is 6.85. The first-order chi connectivity index (χ1) is 15.3. The Morgan fingerprint density at radius 3 is 2.74 bits per heavy atom. The van der Waals surface area contributed by atoms with Gasteiger partial charge in [0.2, 0.25) is 0 Å². The molecule has 6 aliphatic rings. The summed E-state index contributed by atoms with van der Waals surface area (Å²) in [5.41, 5.74) is 4.24. The zero-order chi connectivity index (χ0) is 20.7. The normalized spacial score (nSPS) is 46.3. The van der Waals surface area contributed by atoms with E-state index in [-0.39, 0.29) is 11.8 Å². The van der Waals surface area contributed by atoms with E-state index in [1.165, 1.54) is 77.0 Å². The van der Waals surface area contributed by atoms with Crippen molar-refractivity contribution >= 4 is 0 Å². The Kier molecular flexibility index (Phi) is 6.31. The Balaban J connectivity index is 1.23. The lowest BCUT2D eigenvalue weighted by Gasteiger charge is -2.40. The van der Waals surface area contributed by atoms with Crippen molar-refractivity contribution in [2.75, 3.05) is 26.5 Å². The molecule has 7 atom stereocenters. The molecule has 3 aliphatic carbocycles. The van der Waals surface area contributed by atoms with Crippen molar-refractivity contribution in [1.82, 2.24) is 15.8 Å². The summed E-state index contributed by atoms with van der Waals surface area (Å²) in [6.07, 6.45) is 17.1. The second-order valence-electron chi connectivity index (χ2n) is 11.4. The number of hydrogen-bond acceptors (Lipinski definition) is 6. The summed E-state index contributed by atoms with van der Waals surface area (Å²) in [6, 6.07) is 1.21. The van der Waals surface area contributed by atoms with Gasteiger partial charge >= 0.3 is 0 Å². The summed E-state index contributed by atoms with van der Waals surface area (Å²) in [7, 11) is 0. The average Bonchev–Trinajstić information content (AvgIpc) is 3.46. The molecule has 6 nitrogen and oxygen atoms in total. The van der Waals surface area contributed by atoms with Crippen LogP contribution in [-0.2, 0) is 14.2 Å². The maximum absolute atomic E-state index is 6.85. The van der Waals surface area contributed by atoms with Gasteiger partial charge in [0.05, 0.1) is 25.0 Å². The summed E-state index contributed by atoms with van der Waals surface area (Å²) in [5.74, 6) is 2.18. The molecule has 31 heavy (non-hydrogen) atoms. The largest absolute Gasteiger partial charge is 0.372 e. The first kappa shape index (κ1) is 21.3. The van der Waals surface area contributed by atoms with E-state index in [0.717, 1.165) is 38.0 Å². The highest BCUT2D eigenvalue weighted by Gasteiger charge is 2.53. The molecule has 6 rings (SSSR count). The first-order valence-electron chi connectivity index (χ1n) is 13.4. The highest BCUT2D eigenvalue weighted by Crippen LogP contribution is 2.49. The van der Waals surface area contributed by atoms with Crippen LogP contribution in [0.15, 0.2) is 0 Å². The summed E-state index contributed by atoms with van der Waals surface area (Å²) in [6.45, 7) is 3.56. The van der Waals surface area contributed by atoms with Crippen LogP contribution >= 0.6 is 0 Å². The third-order valence-corrected chi connectivity index (χ3v) is 9.27. The van der Waals surface area contributed by atoms with Gasteiger partial charge in [-0.2, -0.15) is 0 Å². The number of nitrogens with one attached hydrogen (secondary N) is 2. The molecule has 3 saturated heterocycles. The minimum atomic E-state index is 0.161. The summed E-state index contributed by atoms with van der Waals surface area (Å²) in [5, 5.41) is 6.10. The van der Waals surface area contributed by atoms with E-state index < -0.39 is 0 Å². The van der Waals surface area contributed by atoms with Gasteiger partial charge < -0.3 is 14.2 Å². The van der Waals surface area contributed by atoms with Gasteiger partial charge in [0.25, 0.3) is 0 Å². The van der Waals surface area contributed by atoms with E-state index in [0.29, 0.717) is 30.8 Å². The molecule has 0 aromatic heterocycles. The average molecular weight is 434 g/mol.